The van der Waals surface area contributed by atoms with Crippen LogP contribution in [-0.2, 0) is 0 Å². The molecule has 9 heteroatoms. The normalized spacial score (nSPS) is 17.2. The van der Waals surface area contributed by atoms with E-state index >= 15 is 0 Å². The zero-order valence-electron chi connectivity index (χ0n) is 14.0. The number of likely N-dealkylation sites (tertiary alicyclic amines) is 1. The molecule has 25 heavy (non-hydrogen) atoms. The number of aryl methyl sites for hydroxylation is 2. The summed E-state index contributed by atoms with van der Waals surface area (Å²) < 4.78 is 7.35. The number of amides is 1. The molecule has 1 fully saturated rings. The lowest BCUT2D eigenvalue weighted by Crippen LogP contribution is -2.31. The third kappa shape index (κ3) is 3.00. The van der Waals surface area contributed by atoms with Crippen LogP contribution in [0, 0.1) is 13.8 Å². The molecule has 0 aromatic carbocycles. The van der Waals surface area contributed by atoms with Gasteiger partial charge in [0.05, 0.1) is 6.54 Å². The lowest BCUT2D eigenvalue weighted by molar-refractivity contribution is 0.0759. The van der Waals surface area contributed by atoms with Crippen molar-refractivity contribution in [3.63, 3.8) is 0 Å². The van der Waals surface area contributed by atoms with Gasteiger partial charge in [0.2, 0.25) is 11.7 Å². The van der Waals surface area contributed by atoms with Crippen LogP contribution in [-0.4, -0.2) is 59.8 Å². The van der Waals surface area contributed by atoms with E-state index in [0.29, 0.717) is 24.7 Å². The maximum Gasteiger partial charge on any atom is 0.293 e. The molecule has 3 aromatic heterocycles. The van der Waals surface area contributed by atoms with Crippen molar-refractivity contribution in [3.8, 4) is 5.88 Å². The molecule has 1 atom stereocenters. The fourth-order valence-electron chi connectivity index (χ4n) is 2.93. The molecule has 1 aliphatic rings. The van der Waals surface area contributed by atoms with Crippen molar-refractivity contribution in [2.75, 3.05) is 13.1 Å². The second-order valence-electron chi connectivity index (χ2n) is 6.03. The van der Waals surface area contributed by atoms with Gasteiger partial charge in [0, 0.05) is 36.6 Å². The average molecular weight is 339 g/mol. The molecule has 0 aliphatic carbocycles. The van der Waals surface area contributed by atoms with Crippen molar-refractivity contribution in [2.24, 2.45) is 0 Å². The number of carbonyl (C=O) groups excluding carboxylic acids is 1. The Balaban J connectivity index is 1.49. The predicted octanol–water partition coefficient (Wildman–Crippen LogP) is 0.825. The van der Waals surface area contributed by atoms with E-state index in [1.54, 1.807) is 27.7 Å². The van der Waals surface area contributed by atoms with Gasteiger partial charge in [-0.2, -0.15) is 10.1 Å². The first-order valence-electron chi connectivity index (χ1n) is 8.05. The Morgan fingerprint density at radius 1 is 1.32 bits per heavy atom. The van der Waals surface area contributed by atoms with Crippen LogP contribution in [0.5, 0.6) is 5.88 Å². The third-order valence-corrected chi connectivity index (χ3v) is 4.08. The number of carbonyl (C=O) groups is 1. The van der Waals surface area contributed by atoms with Crippen molar-refractivity contribution >= 4 is 11.7 Å². The van der Waals surface area contributed by atoms with Crippen molar-refractivity contribution in [1.29, 1.82) is 0 Å². The lowest BCUT2D eigenvalue weighted by Gasteiger charge is -2.14. The Labute approximate surface area is 143 Å². The molecular formula is C16H17N7O2. The van der Waals surface area contributed by atoms with Gasteiger partial charge >= 0.3 is 0 Å². The summed E-state index contributed by atoms with van der Waals surface area (Å²) in [4.78, 5) is 23.0. The lowest BCUT2D eigenvalue weighted by atomic mass is 10.3. The summed E-state index contributed by atoms with van der Waals surface area (Å²) in [5.74, 6) is 0.838. The second-order valence-corrected chi connectivity index (χ2v) is 6.03. The minimum absolute atomic E-state index is 0.111. The monoisotopic (exact) mass is 339 g/mol. The van der Waals surface area contributed by atoms with Crippen LogP contribution < -0.4 is 4.74 Å². The predicted molar refractivity (Wildman–Crippen MR) is 87.2 cm³/mol. The molecule has 0 radical (unpaired) electrons. The largest absolute Gasteiger partial charge is 0.471 e. The van der Waals surface area contributed by atoms with Gasteiger partial charge in [-0.3, -0.25) is 4.79 Å². The van der Waals surface area contributed by atoms with Crippen molar-refractivity contribution in [2.45, 2.75) is 26.4 Å². The first kappa shape index (κ1) is 15.4. The summed E-state index contributed by atoms with van der Waals surface area (Å²) in [6.45, 7) is 4.85. The Hall–Kier alpha value is -3.10. The summed E-state index contributed by atoms with van der Waals surface area (Å²) >= 11 is 0. The van der Waals surface area contributed by atoms with E-state index in [9.17, 15) is 4.79 Å². The van der Waals surface area contributed by atoms with Gasteiger partial charge < -0.3 is 9.64 Å². The molecule has 3 aromatic rings. The SMILES string of the molecule is Cc1cc(C)n2nc(C(=O)N3CC[C@@H](Oc4cccnn4)C3)nc2n1. The Morgan fingerprint density at radius 2 is 2.20 bits per heavy atom. The number of aromatic nitrogens is 6. The van der Waals surface area contributed by atoms with E-state index in [4.69, 9.17) is 4.74 Å². The van der Waals surface area contributed by atoms with Crippen LogP contribution in [0.1, 0.15) is 28.4 Å². The summed E-state index contributed by atoms with van der Waals surface area (Å²) in [6.07, 6.45) is 2.20. The summed E-state index contributed by atoms with van der Waals surface area (Å²) in [7, 11) is 0. The van der Waals surface area contributed by atoms with Gasteiger partial charge in [0.25, 0.3) is 11.7 Å². The Morgan fingerprint density at radius 3 is 3.00 bits per heavy atom. The molecule has 0 saturated carbocycles. The van der Waals surface area contributed by atoms with Crippen molar-refractivity contribution in [3.05, 3.63) is 41.6 Å². The standard InChI is InChI=1S/C16H17N7O2/c1-10-8-11(2)23-16(18-10)19-14(21-23)15(24)22-7-5-12(9-22)25-13-4-3-6-17-20-13/h3-4,6,8,12H,5,7,9H2,1-2H3/t12-/m1/s1. The van der Waals surface area contributed by atoms with Gasteiger partial charge in [-0.1, -0.05) is 0 Å². The molecule has 0 unspecified atom stereocenters. The van der Waals surface area contributed by atoms with E-state index in [0.717, 1.165) is 17.8 Å². The van der Waals surface area contributed by atoms with Crippen molar-refractivity contribution < 1.29 is 9.53 Å². The van der Waals surface area contributed by atoms with Crippen LogP contribution in [0.15, 0.2) is 24.4 Å². The summed E-state index contributed by atoms with van der Waals surface area (Å²) in [5.41, 5.74) is 1.73. The zero-order valence-corrected chi connectivity index (χ0v) is 14.0. The maximum atomic E-state index is 12.7. The third-order valence-electron chi connectivity index (χ3n) is 4.08. The summed E-state index contributed by atoms with van der Waals surface area (Å²) in [5, 5.41) is 12.0. The van der Waals surface area contributed by atoms with Gasteiger partial charge in [0.15, 0.2) is 0 Å². The quantitative estimate of drug-likeness (QED) is 0.697. The molecule has 0 bridgehead atoms. The fourth-order valence-corrected chi connectivity index (χ4v) is 2.93. The van der Waals surface area contributed by atoms with Gasteiger partial charge in [-0.25, -0.2) is 9.50 Å². The molecular weight excluding hydrogens is 322 g/mol. The first-order chi connectivity index (χ1) is 12.1. The highest BCUT2D eigenvalue weighted by molar-refractivity contribution is 5.91. The van der Waals surface area contributed by atoms with Crippen molar-refractivity contribution in [1.82, 2.24) is 34.7 Å². The number of hydrogen-bond acceptors (Lipinski definition) is 7. The molecule has 0 spiro atoms. The smallest absolute Gasteiger partial charge is 0.293 e. The highest BCUT2D eigenvalue weighted by Crippen LogP contribution is 2.17. The molecule has 128 valence electrons. The van der Waals surface area contributed by atoms with Crippen LogP contribution in [0.3, 0.4) is 0 Å². The van der Waals surface area contributed by atoms with E-state index < -0.39 is 0 Å². The van der Waals surface area contributed by atoms with Crippen LogP contribution in [0.2, 0.25) is 0 Å². The topological polar surface area (TPSA) is 98.4 Å². The molecule has 0 N–H and O–H groups in total. The average Bonchev–Trinajstić information content (AvgIpc) is 3.22. The molecule has 1 amide bonds. The van der Waals surface area contributed by atoms with E-state index in [2.05, 4.69) is 25.3 Å². The number of hydrogen-bond donors (Lipinski definition) is 0. The summed E-state index contributed by atoms with van der Waals surface area (Å²) in [6, 6.07) is 5.41. The van der Waals surface area contributed by atoms with E-state index in [1.807, 2.05) is 19.9 Å². The highest BCUT2D eigenvalue weighted by Gasteiger charge is 2.30. The highest BCUT2D eigenvalue weighted by atomic mass is 16.5. The van der Waals surface area contributed by atoms with E-state index in [1.165, 1.54) is 0 Å². The Kier molecular flexibility index (Phi) is 3.75. The Bertz CT molecular complexity index is 925. The molecule has 4 rings (SSSR count). The first-order valence-corrected chi connectivity index (χ1v) is 8.05. The van der Waals surface area contributed by atoms with Gasteiger partial charge in [-0.05, 0) is 26.0 Å². The van der Waals surface area contributed by atoms with Crippen LogP contribution in [0.4, 0.5) is 0 Å². The number of rotatable bonds is 3. The molecule has 9 nitrogen and oxygen atoms in total. The van der Waals surface area contributed by atoms with Crippen LogP contribution >= 0.6 is 0 Å². The number of nitrogens with zero attached hydrogens (tertiary/aromatic N) is 7. The molecule has 1 saturated heterocycles. The fraction of sp³-hybridized carbons (Fsp3) is 0.375. The zero-order chi connectivity index (χ0) is 17.4. The maximum absolute atomic E-state index is 12.7. The number of fused-ring (bicyclic) bond motifs is 1. The van der Waals surface area contributed by atoms with Crippen LogP contribution in [0.25, 0.3) is 5.78 Å². The number of ether oxygens (including phenoxy) is 1. The van der Waals surface area contributed by atoms with Gasteiger partial charge in [-0.15, -0.1) is 10.2 Å². The van der Waals surface area contributed by atoms with Gasteiger partial charge in [0.1, 0.15) is 6.10 Å². The van der Waals surface area contributed by atoms with E-state index in [-0.39, 0.29) is 17.8 Å². The second kappa shape index (κ2) is 6.08. The minimum Gasteiger partial charge on any atom is -0.471 e. The molecule has 1 aliphatic heterocycles. The molecule has 4 heterocycles. The minimum atomic E-state index is -0.215.